The van der Waals surface area contributed by atoms with Crippen LogP contribution in [-0.4, -0.2) is 0 Å². The van der Waals surface area contributed by atoms with Gasteiger partial charge in [-0.2, -0.15) is 0 Å². The third-order valence-electron chi connectivity index (χ3n) is 9.90. The van der Waals surface area contributed by atoms with E-state index in [0.29, 0.717) is 22.5 Å². The topological polar surface area (TPSA) is 16.4 Å². The van der Waals surface area contributed by atoms with Crippen molar-refractivity contribution in [2.75, 3.05) is 4.90 Å². The van der Waals surface area contributed by atoms with Gasteiger partial charge < -0.3 is 9.32 Å². The molecule has 0 aliphatic rings. The van der Waals surface area contributed by atoms with Gasteiger partial charge in [0, 0.05) is 22.1 Å². The van der Waals surface area contributed by atoms with Gasteiger partial charge >= 0.3 is 0 Å². The highest BCUT2D eigenvalue weighted by molar-refractivity contribution is 6.19. The van der Waals surface area contributed by atoms with Gasteiger partial charge in [-0.25, -0.2) is 0 Å². The molecule has 2 nitrogen and oxygen atoms in total. The highest BCUT2D eigenvalue weighted by Crippen LogP contribution is 2.45. The van der Waals surface area contributed by atoms with Crippen molar-refractivity contribution in [3.05, 3.63) is 200 Å². The SMILES string of the molecule is [2H]c1c([2H])c(N(c2cccc(-c3cccc4ccccc34)c2)c2cccc3oc4c5ccccc5ccc4c23)c([2H])c([2H])c1-c1cccc(-c2ccccc2)c1. The van der Waals surface area contributed by atoms with Crippen molar-refractivity contribution in [2.45, 2.75) is 0 Å². The molecule has 1 aromatic heterocycles. The Morgan fingerprint density at radius 1 is 0.404 bits per heavy atom. The van der Waals surface area contributed by atoms with E-state index in [0.717, 1.165) is 60.2 Å². The molecule has 0 unspecified atom stereocenters. The van der Waals surface area contributed by atoms with Crippen LogP contribution in [0.2, 0.25) is 0 Å². The maximum absolute atomic E-state index is 9.68. The average molecular weight is 668 g/mol. The van der Waals surface area contributed by atoms with Crippen LogP contribution in [-0.2, 0) is 0 Å². The lowest BCUT2D eigenvalue weighted by molar-refractivity contribution is 0.672. The van der Waals surface area contributed by atoms with E-state index >= 15 is 0 Å². The first-order chi connectivity index (χ1) is 27.5. The molecule has 10 aromatic rings. The molecule has 52 heavy (non-hydrogen) atoms. The van der Waals surface area contributed by atoms with Crippen LogP contribution in [0.1, 0.15) is 5.48 Å². The van der Waals surface area contributed by atoms with Gasteiger partial charge in [0.2, 0.25) is 0 Å². The average Bonchev–Trinajstić information content (AvgIpc) is 3.65. The van der Waals surface area contributed by atoms with E-state index < -0.39 is 0 Å². The van der Waals surface area contributed by atoms with E-state index in [1.54, 1.807) is 0 Å². The fourth-order valence-corrected chi connectivity index (χ4v) is 7.45. The standard InChI is InChI=1S/C50H33NO/c1-2-12-34(13-3-1)38-17-8-18-39(32-38)35-26-29-41(30-27-35)51(42-20-9-19-40(33-42)44-23-10-16-36-14-4-6-21-43(36)44)47-24-11-25-48-49(47)46-31-28-37-15-5-7-22-45(37)50(46)52-48/h1-33H/i26D,27D,29D,30D. The largest absolute Gasteiger partial charge is 0.455 e. The third-order valence-corrected chi connectivity index (χ3v) is 9.90. The molecule has 1 heterocycles. The molecule has 0 spiro atoms. The van der Waals surface area contributed by atoms with E-state index in [-0.39, 0.29) is 35.4 Å². The predicted octanol–water partition coefficient (Wildman–Crippen LogP) is 14.4. The van der Waals surface area contributed by atoms with Crippen molar-refractivity contribution in [3.8, 4) is 33.4 Å². The van der Waals surface area contributed by atoms with Gasteiger partial charge in [0.25, 0.3) is 0 Å². The number of hydrogen-bond donors (Lipinski definition) is 0. The van der Waals surface area contributed by atoms with Gasteiger partial charge in [-0.1, -0.05) is 152 Å². The Morgan fingerprint density at radius 2 is 1.04 bits per heavy atom. The van der Waals surface area contributed by atoms with Crippen molar-refractivity contribution in [2.24, 2.45) is 0 Å². The first-order valence-electron chi connectivity index (χ1n) is 19.4. The Balaban J connectivity index is 1.24. The molecule has 9 aromatic carbocycles. The molecule has 0 saturated heterocycles. The molecule has 0 aliphatic carbocycles. The molecule has 0 atom stereocenters. The highest BCUT2D eigenvalue weighted by atomic mass is 16.3. The summed E-state index contributed by atoms with van der Waals surface area (Å²) in [6.07, 6.45) is 0. The summed E-state index contributed by atoms with van der Waals surface area (Å²) in [6.45, 7) is 0. The molecule has 0 aliphatic heterocycles. The fourth-order valence-electron chi connectivity index (χ4n) is 7.45. The summed E-state index contributed by atoms with van der Waals surface area (Å²) in [4.78, 5) is 1.88. The number of benzene rings is 9. The predicted molar refractivity (Wildman–Crippen MR) is 220 cm³/mol. The van der Waals surface area contributed by atoms with Gasteiger partial charge in [0.05, 0.1) is 16.6 Å². The van der Waals surface area contributed by atoms with Crippen LogP contribution >= 0.6 is 0 Å². The maximum Gasteiger partial charge on any atom is 0.143 e. The summed E-state index contributed by atoms with van der Waals surface area (Å²) in [5.74, 6) is 0. The van der Waals surface area contributed by atoms with Crippen molar-refractivity contribution < 1.29 is 9.90 Å². The first kappa shape index (κ1) is 26.0. The Morgan fingerprint density at radius 3 is 1.88 bits per heavy atom. The highest BCUT2D eigenvalue weighted by Gasteiger charge is 2.21. The second-order valence-corrected chi connectivity index (χ2v) is 13.0. The molecule has 10 rings (SSSR count). The number of fused-ring (bicyclic) bond motifs is 6. The van der Waals surface area contributed by atoms with Gasteiger partial charge in [0.15, 0.2) is 0 Å². The molecule has 0 fully saturated rings. The van der Waals surface area contributed by atoms with Crippen molar-refractivity contribution in [3.63, 3.8) is 0 Å². The van der Waals surface area contributed by atoms with Crippen LogP contribution in [0.25, 0.3) is 76.9 Å². The quantitative estimate of drug-likeness (QED) is 0.175. The van der Waals surface area contributed by atoms with E-state index in [4.69, 9.17) is 4.42 Å². The second-order valence-electron chi connectivity index (χ2n) is 13.0. The van der Waals surface area contributed by atoms with Crippen LogP contribution in [0.3, 0.4) is 0 Å². The molecule has 0 N–H and O–H groups in total. The zero-order chi connectivity index (χ0) is 37.9. The molecule has 0 amide bonds. The number of nitrogens with zero attached hydrogens (tertiary/aromatic N) is 1. The Bertz CT molecular complexity index is 3120. The summed E-state index contributed by atoms with van der Waals surface area (Å²) in [7, 11) is 0. The maximum atomic E-state index is 9.68. The van der Waals surface area contributed by atoms with Gasteiger partial charge in [0.1, 0.15) is 11.2 Å². The Hall–Kier alpha value is -6.90. The number of hydrogen-bond acceptors (Lipinski definition) is 2. The molecule has 0 saturated carbocycles. The van der Waals surface area contributed by atoms with E-state index in [2.05, 4.69) is 66.7 Å². The smallest absolute Gasteiger partial charge is 0.143 e. The lowest BCUT2D eigenvalue weighted by Crippen LogP contribution is -2.10. The molecular weight excluding hydrogens is 631 g/mol. The zero-order valence-corrected chi connectivity index (χ0v) is 28.1. The monoisotopic (exact) mass is 667 g/mol. The van der Waals surface area contributed by atoms with E-state index in [9.17, 15) is 5.48 Å². The number of furan rings is 1. The van der Waals surface area contributed by atoms with Crippen LogP contribution in [0.15, 0.2) is 205 Å². The van der Waals surface area contributed by atoms with Crippen molar-refractivity contribution in [1.82, 2.24) is 0 Å². The minimum atomic E-state index is -0.142. The first-order valence-corrected chi connectivity index (χ1v) is 17.4. The fraction of sp³-hybridized carbons (Fsp3) is 0. The minimum Gasteiger partial charge on any atom is -0.455 e. The normalized spacial score (nSPS) is 12.5. The number of anilines is 3. The van der Waals surface area contributed by atoms with Crippen molar-refractivity contribution in [1.29, 1.82) is 0 Å². The van der Waals surface area contributed by atoms with Crippen molar-refractivity contribution >= 4 is 60.5 Å². The molecule has 0 radical (unpaired) electrons. The molecule has 2 heteroatoms. The number of rotatable bonds is 6. The van der Waals surface area contributed by atoms with E-state index in [1.165, 1.54) is 0 Å². The van der Waals surface area contributed by atoms with Crippen LogP contribution in [0.4, 0.5) is 17.1 Å². The molecule has 0 bridgehead atoms. The molecule has 244 valence electrons. The summed E-state index contributed by atoms with van der Waals surface area (Å²) in [5.41, 5.74) is 7.77. The van der Waals surface area contributed by atoms with Gasteiger partial charge in [-0.15, -0.1) is 0 Å². The summed E-state index contributed by atoms with van der Waals surface area (Å²) in [5, 5.41) is 6.00. The lowest BCUT2D eigenvalue weighted by atomic mass is 9.97. The summed E-state index contributed by atoms with van der Waals surface area (Å²) >= 11 is 0. The third kappa shape index (κ3) is 5.12. The molecular formula is C50H33NO. The van der Waals surface area contributed by atoms with Crippen LogP contribution < -0.4 is 4.90 Å². The van der Waals surface area contributed by atoms with Crippen LogP contribution in [0.5, 0.6) is 0 Å². The van der Waals surface area contributed by atoms with Crippen LogP contribution in [0, 0.1) is 0 Å². The summed E-state index contributed by atoms with van der Waals surface area (Å²) in [6, 6.07) is 57.9. The minimum absolute atomic E-state index is 0.114. The van der Waals surface area contributed by atoms with E-state index in [1.807, 2.05) is 114 Å². The zero-order valence-electron chi connectivity index (χ0n) is 32.1. The lowest BCUT2D eigenvalue weighted by Gasteiger charge is -2.27. The Kier molecular flexibility index (Phi) is 6.22. The van der Waals surface area contributed by atoms with Gasteiger partial charge in [-0.05, 0) is 98.0 Å². The second kappa shape index (κ2) is 12.5. The van der Waals surface area contributed by atoms with Gasteiger partial charge in [-0.3, -0.25) is 0 Å². The summed E-state index contributed by atoms with van der Waals surface area (Å²) < 4.78 is 45.0. The Labute approximate surface area is 308 Å².